The number of hydrogen-bond donors (Lipinski definition) is 2. The second-order valence-corrected chi connectivity index (χ2v) is 12.4. The summed E-state index contributed by atoms with van der Waals surface area (Å²) in [6.07, 6.45) is 4.23. The lowest BCUT2D eigenvalue weighted by Crippen LogP contribution is -2.48. The van der Waals surface area contributed by atoms with Crippen LogP contribution in [0.25, 0.3) is 11.1 Å². The number of unbranched alkanes of at least 4 members (excludes halogenated alkanes) is 2. The molecule has 0 bridgehead atoms. The lowest BCUT2D eigenvalue weighted by Gasteiger charge is -2.36. The first kappa shape index (κ1) is 35.4. The predicted molar refractivity (Wildman–Crippen MR) is 191 cm³/mol. The standard InChI is InChI=1S/C38H48N4O7/c1-25(43)40-31-16-10-26-23-34(47-3)37(48-4)38(49-5)36(26)29-15-17-32(33(44)24-30(29)31)39-18-8-6-7-9-35(45)42-21-19-41(20-22-42)27-11-13-28(46-2)14-12-27/h11-15,17,23-24,31H,6-10,16,18-22H2,1-5H3,(H,39,44)(H,40,43)/t31-/m1/s1. The zero-order valence-corrected chi connectivity index (χ0v) is 29.2. The van der Waals surface area contributed by atoms with Crippen LogP contribution in [0.1, 0.15) is 56.2 Å². The average Bonchev–Trinajstić information content (AvgIpc) is 3.36. The molecule has 49 heavy (non-hydrogen) atoms. The summed E-state index contributed by atoms with van der Waals surface area (Å²) in [4.78, 5) is 42.9. The van der Waals surface area contributed by atoms with Crippen molar-refractivity contribution in [3.63, 3.8) is 0 Å². The van der Waals surface area contributed by atoms with Crippen LogP contribution in [0.15, 0.2) is 53.3 Å². The zero-order valence-electron chi connectivity index (χ0n) is 29.2. The number of rotatable bonds is 13. The Kier molecular flexibility index (Phi) is 11.9. The molecule has 1 aliphatic carbocycles. The number of amides is 2. The maximum Gasteiger partial charge on any atom is 0.222 e. The molecular weight excluding hydrogens is 624 g/mol. The van der Waals surface area contributed by atoms with E-state index >= 15 is 0 Å². The summed E-state index contributed by atoms with van der Waals surface area (Å²) >= 11 is 0. The van der Waals surface area contributed by atoms with E-state index in [-0.39, 0.29) is 23.3 Å². The molecule has 0 saturated carbocycles. The average molecular weight is 673 g/mol. The summed E-state index contributed by atoms with van der Waals surface area (Å²) in [6.45, 7) is 5.13. The van der Waals surface area contributed by atoms with Crippen molar-refractivity contribution < 1.29 is 28.5 Å². The van der Waals surface area contributed by atoms with Crippen LogP contribution in [-0.2, 0) is 16.0 Å². The Morgan fingerprint density at radius 2 is 1.57 bits per heavy atom. The van der Waals surface area contributed by atoms with Gasteiger partial charge in [-0.05, 0) is 84.8 Å². The van der Waals surface area contributed by atoms with Crippen molar-refractivity contribution in [3.8, 4) is 34.1 Å². The van der Waals surface area contributed by atoms with Gasteiger partial charge in [-0.15, -0.1) is 0 Å². The Morgan fingerprint density at radius 1 is 0.837 bits per heavy atom. The summed E-state index contributed by atoms with van der Waals surface area (Å²) in [5, 5.41) is 6.36. The summed E-state index contributed by atoms with van der Waals surface area (Å²) in [5.74, 6) is 2.40. The van der Waals surface area contributed by atoms with Crippen LogP contribution in [0, 0.1) is 0 Å². The first-order chi connectivity index (χ1) is 23.8. The molecule has 1 fully saturated rings. The second-order valence-electron chi connectivity index (χ2n) is 12.4. The third-order valence-electron chi connectivity index (χ3n) is 9.37. The van der Waals surface area contributed by atoms with Crippen molar-refractivity contribution in [1.29, 1.82) is 0 Å². The van der Waals surface area contributed by atoms with E-state index in [9.17, 15) is 14.4 Å². The van der Waals surface area contributed by atoms with E-state index in [2.05, 4.69) is 27.7 Å². The van der Waals surface area contributed by atoms with Gasteiger partial charge in [-0.2, -0.15) is 0 Å². The Hall–Kier alpha value is -4.93. The fourth-order valence-electron chi connectivity index (χ4n) is 6.82. The van der Waals surface area contributed by atoms with Gasteiger partial charge in [0.25, 0.3) is 0 Å². The number of benzene rings is 2. The molecule has 1 atom stereocenters. The molecule has 0 aromatic heterocycles. The Morgan fingerprint density at radius 3 is 2.22 bits per heavy atom. The van der Waals surface area contributed by atoms with Crippen LogP contribution in [0.5, 0.6) is 23.0 Å². The number of carbonyl (C=O) groups is 2. The normalized spacial score (nSPS) is 15.3. The largest absolute Gasteiger partial charge is 0.497 e. The first-order valence-corrected chi connectivity index (χ1v) is 17.0. The highest BCUT2D eigenvalue weighted by Crippen LogP contribution is 2.50. The highest BCUT2D eigenvalue weighted by molar-refractivity contribution is 5.84. The van der Waals surface area contributed by atoms with Gasteiger partial charge in [0.05, 0.1) is 40.2 Å². The summed E-state index contributed by atoms with van der Waals surface area (Å²) < 4.78 is 22.4. The van der Waals surface area contributed by atoms with Crippen molar-refractivity contribution >= 4 is 23.2 Å². The molecule has 11 nitrogen and oxygen atoms in total. The predicted octanol–water partition coefficient (Wildman–Crippen LogP) is 5.19. The van der Waals surface area contributed by atoms with E-state index in [4.69, 9.17) is 18.9 Å². The van der Waals surface area contributed by atoms with Crippen molar-refractivity contribution in [1.82, 2.24) is 10.2 Å². The van der Waals surface area contributed by atoms with E-state index in [1.807, 2.05) is 29.2 Å². The Bertz CT molecular complexity index is 1690. The van der Waals surface area contributed by atoms with E-state index in [1.165, 1.54) is 6.92 Å². The van der Waals surface area contributed by atoms with Gasteiger partial charge in [-0.1, -0.05) is 12.5 Å². The number of aryl methyl sites for hydroxylation is 1. The van der Waals surface area contributed by atoms with E-state index < -0.39 is 0 Å². The van der Waals surface area contributed by atoms with E-state index in [0.29, 0.717) is 61.8 Å². The van der Waals surface area contributed by atoms with Crippen molar-refractivity contribution in [3.05, 3.63) is 69.9 Å². The lowest BCUT2D eigenvalue weighted by atomic mass is 9.95. The van der Waals surface area contributed by atoms with Gasteiger partial charge >= 0.3 is 0 Å². The minimum atomic E-state index is -0.363. The van der Waals surface area contributed by atoms with Gasteiger partial charge in [0.1, 0.15) is 5.75 Å². The molecule has 0 radical (unpaired) electrons. The molecule has 0 unspecified atom stereocenters. The number of fused-ring (bicyclic) bond motifs is 3. The van der Waals surface area contributed by atoms with Crippen molar-refractivity contribution in [2.45, 2.75) is 51.5 Å². The van der Waals surface area contributed by atoms with Crippen LogP contribution in [0.4, 0.5) is 11.4 Å². The molecule has 5 rings (SSSR count). The number of nitrogens with zero attached hydrogens (tertiary/aromatic N) is 2. The van der Waals surface area contributed by atoms with Crippen LogP contribution >= 0.6 is 0 Å². The minimum absolute atomic E-state index is 0.163. The van der Waals surface area contributed by atoms with Crippen molar-refractivity contribution in [2.24, 2.45) is 0 Å². The van der Waals surface area contributed by atoms with Crippen molar-refractivity contribution in [2.75, 3.05) is 71.4 Å². The fraction of sp³-hybridized carbons (Fsp3) is 0.447. The maximum absolute atomic E-state index is 13.5. The fourth-order valence-corrected chi connectivity index (χ4v) is 6.82. The first-order valence-electron chi connectivity index (χ1n) is 17.0. The van der Waals surface area contributed by atoms with E-state index in [1.54, 1.807) is 40.6 Å². The van der Waals surface area contributed by atoms with Gasteiger partial charge in [0, 0.05) is 57.3 Å². The number of ether oxygens (including phenoxy) is 4. The minimum Gasteiger partial charge on any atom is -0.497 e. The monoisotopic (exact) mass is 672 g/mol. The lowest BCUT2D eigenvalue weighted by molar-refractivity contribution is -0.131. The van der Waals surface area contributed by atoms with Gasteiger partial charge in [-0.3, -0.25) is 14.4 Å². The molecule has 2 amide bonds. The topological polar surface area (TPSA) is 119 Å². The number of hydrogen-bond acceptors (Lipinski definition) is 9. The molecule has 2 aliphatic rings. The number of methoxy groups -OCH3 is 4. The number of piperazine rings is 1. The second kappa shape index (κ2) is 16.5. The van der Waals surface area contributed by atoms with Crippen LogP contribution in [-0.4, -0.2) is 77.9 Å². The molecule has 262 valence electrons. The summed E-state index contributed by atoms with van der Waals surface area (Å²) in [7, 11) is 6.39. The van der Waals surface area contributed by atoms with Gasteiger partial charge in [-0.25, -0.2) is 0 Å². The molecule has 1 aliphatic heterocycles. The highest BCUT2D eigenvalue weighted by Gasteiger charge is 2.29. The van der Waals surface area contributed by atoms with Crippen LogP contribution in [0.2, 0.25) is 0 Å². The number of nitrogens with one attached hydrogen (secondary N) is 2. The summed E-state index contributed by atoms with van der Waals surface area (Å²) in [5.41, 5.74) is 4.76. The highest BCUT2D eigenvalue weighted by atomic mass is 16.5. The number of anilines is 2. The molecule has 1 heterocycles. The smallest absolute Gasteiger partial charge is 0.222 e. The molecule has 2 N–H and O–H groups in total. The zero-order chi connectivity index (χ0) is 34.9. The third-order valence-corrected chi connectivity index (χ3v) is 9.37. The quantitative estimate of drug-likeness (QED) is 0.237. The van der Waals surface area contributed by atoms with E-state index in [0.717, 1.165) is 66.0 Å². The maximum atomic E-state index is 13.5. The Balaban J connectivity index is 1.20. The molecule has 0 spiro atoms. The van der Waals surface area contributed by atoms with Gasteiger partial charge in [0.15, 0.2) is 11.5 Å². The molecule has 3 aromatic rings. The van der Waals surface area contributed by atoms with Crippen LogP contribution < -0.4 is 39.9 Å². The molecular formula is C38H48N4O7. The molecule has 11 heteroatoms. The Labute approximate surface area is 288 Å². The summed E-state index contributed by atoms with van der Waals surface area (Å²) in [6, 6.07) is 14.9. The number of carbonyl (C=O) groups excluding carboxylic acids is 2. The van der Waals surface area contributed by atoms with Gasteiger partial charge < -0.3 is 39.4 Å². The van der Waals surface area contributed by atoms with Crippen LogP contribution in [0.3, 0.4) is 0 Å². The van der Waals surface area contributed by atoms with Gasteiger partial charge in [0.2, 0.25) is 23.0 Å². The molecule has 1 saturated heterocycles. The SMILES string of the molecule is COc1ccc(N2CCN(C(=O)CCCCCNc3ccc4c(cc3=O)[C@H](NC(C)=O)CCc3cc(OC)c(OC)c(OC)c3-4)CC2)cc1. The third kappa shape index (κ3) is 8.21. The molecule has 3 aromatic carbocycles.